The Hall–Kier alpha value is -1.92. The number of carbonyl (C=O) groups is 2. The van der Waals surface area contributed by atoms with E-state index in [1.807, 2.05) is 6.92 Å². The summed E-state index contributed by atoms with van der Waals surface area (Å²) >= 11 is 7.25. The van der Waals surface area contributed by atoms with Gasteiger partial charge in [0.1, 0.15) is 4.88 Å². The van der Waals surface area contributed by atoms with Crippen LogP contribution in [0.15, 0.2) is 18.2 Å². The monoisotopic (exact) mass is 310 g/mol. The van der Waals surface area contributed by atoms with Crippen molar-refractivity contribution in [2.24, 2.45) is 0 Å². The van der Waals surface area contributed by atoms with Crippen molar-refractivity contribution >= 4 is 40.5 Å². The van der Waals surface area contributed by atoms with Gasteiger partial charge in [0.25, 0.3) is 5.91 Å². The van der Waals surface area contributed by atoms with Crippen LogP contribution < -0.4 is 5.32 Å². The van der Waals surface area contributed by atoms with E-state index in [4.69, 9.17) is 16.7 Å². The largest absolute Gasteiger partial charge is 0.478 e. The molecule has 2 aromatic rings. The molecule has 0 aliphatic heterocycles. The van der Waals surface area contributed by atoms with E-state index in [1.165, 1.54) is 29.5 Å². The van der Waals surface area contributed by atoms with Crippen molar-refractivity contribution in [3.05, 3.63) is 44.4 Å². The van der Waals surface area contributed by atoms with Crippen molar-refractivity contribution in [1.82, 2.24) is 4.98 Å². The number of aromatic carboxylic acids is 1. The minimum absolute atomic E-state index is 0.0674. The van der Waals surface area contributed by atoms with Gasteiger partial charge in [0.05, 0.1) is 27.0 Å². The van der Waals surface area contributed by atoms with E-state index in [0.717, 1.165) is 5.01 Å². The van der Waals surface area contributed by atoms with E-state index >= 15 is 0 Å². The molecule has 1 aromatic carbocycles. The van der Waals surface area contributed by atoms with Gasteiger partial charge in [-0.15, -0.1) is 11.3 Å². The van der Waals surface area contributed by atoms with Gasteiger partial charge in [0.2, 0.25) is 0 Å². The van der Waals surface area contributed by atoms with Gasteiger partial charge in [0.15, 0.2) is 0 Å². The first-order chi connectivity index (χ1) is 9.38. The van der Waals surface area contributed by atoms with Crippen LogP contribution >= 0.6 is 22.9 Å². The highest BCUT2D eigenvalue weighted by atomic mass is 35.5. The van der Waals surface area contributed by atoms with Crippen molar-refractivity contribution in [2.45, 2.75) is 13.8 Å². The second-order valence-corrected chi connectivity index (χ2v) is 5.71. The molecule has 2 rings (SSSR count). The van der Waals surface area contributed by atoms with Gasteiger partial charge in [-0.2, -0.15) is 0 Å². The Labute approximate surface area is 124 Å². The molecule has 0 saturated carbocycles. The lowest BCUT2D eigenvalue weighted by Gasteiger charge is -2.07. The van der Waals surface area contributed by atoms with Crippen molar-refractivity contribution in [3.63, 3.8) is 0 Å². The molecule has 1 heterocycles. The number of thiazole rings is 1. The van der Waals surface area contributed by atoms with Crippen LogP contribution in [-0.4, -0.2) is 22.0 Å². The van der Waals surface area contributed by atoms with Crippen LogP contribution in [0.25, 0.3) is 0 Å². The second kappa shape index (κ2) is 5.60. The molecule has 5 nitrogen and oxygen atoms in total. The molecule has 0 aliphatic carbocycles. The predicted molar refractivity (Wildman–Crippen MR) is 78.0 cm³/mol. The summed E-state index contributed by atoms with van der Waals surface area (Å²) in [6, 6.07) is 4.14. The fraction of sp³-hybridized carbons (Fsp3) is 0.154. The fourth-order valence-corrected chi connectivity index (χ4v) is 2.71. The lowest BCUT2D eigenvalue weighted by atomic mass is 10.2. The number of hydrogen-bond acceptors (Lipinski definition) is 4. The maximum absolute atomic E-state index is 12.1. The molecular weight excluding hydrogens is 300 g/mol. The highest BCUT2D eigenvalue weighted by Crippen LogP contribution is 2.25. The Morgan fingerprint density at radius 3 is 2.55 bits per heavy atom. The average Bonchev–Trinajstić information content (AvgIpc) is 2.70. The number of aryl methyl sites for hydroxylation is 2. The fourth-order valence-electron chi connectivity index (χ4n) is 1.67. The van der Waals surface area contributed by atoms with Gasteiger partial charge in [-0.1, -0.05) is 11.6 Å². The highest BCUT2D eigenvalue weighted by Gasteiger charge is 2.15. The maximum atomic E-state index is 12.1. The molecule has 0 unspecified atom stereocenters. The molecule has 1 aromatic heterocycles. The van der Waals surface area contributed by atoms with Crippen LogP contribution in [0.1, 0.15) is 30.7 Å². The van der Waals surface area contributed by atoms with Gasteiger partial charge in [-0.25, -0.2) is 9.78 Å². The molecule has 104 valence electrons. The SMILES string of the molecule is Cc1nc(C)c(C(=O)Nc2ccc(C(=O)O)cc2Cl)s1. The molecule has 0 radical (unpaired) electrons. The number of nitrogens with zero attached hydrogens (tertiary/aromatic N) is 1. The van der Waals surface area contributed by atoms with Crippen LogP contribution in [0.4, 0.5) is 5.69 Å². The third kappa shape index (κ3) is 2.97. The number of rotatable bonds is 3. The number of carbonyl (C=O) groups excluding carboxylic acids is 1. The van der Waals surface area contributed by atoms with Crippen molar-refractivity contribution in [2.75, 3.05) is 5.32 Å². The molecule has 0 aliphatic rings. The Morgan fingerprint density at radius 2 is 2.05 bits per heavy atom. The molecule has 0 atom stereocenters. The third-order valence-corrected chi connectivity index (χ3v) is 3.96. The summed E-state index contributed by atoms with van der Waals surface area (Å²) in [6.07, 6.45) is 0. The third-order valence-electron chi connectivity index (χ3n) is 2.57. The number of aromatic nitrogens is 1. The Bertz CT molecular complexity index is 697. The molecular formula is C13H11ClN2O3S. The summed E-state index contributed by atoms with van der Waals surface area (Å²) in [6.45, 7) is 3.58. The number of nitrogens with one attached hydrogen (secondary N) is 1. The number of anilines is 1. The molecule has 20 heavy (non-hydrogen) atoms. The van der Waals surface area contributed by atoms with Gasteiger partial charge in [-0.05, 0) is 32.0 Å². The standard InChI is InChI=1S/C13H11ClN2O3S/c1-6-11(20-7(2)15-6)12(17)16-10-4-3-8(13(18)19)5-9(10)14/h3-5H,1-2H3,(H,16,17)(H,18,19). The van der Waals surface area contributed by atoms with E-state index in [1.54, 1.807) is 6.92 Å². The van der Waals surface area contributed by atoms with Gasteiger partial charge in [0, 0.05) is 0 Å². The van der Waals surface area contributed by atoms with Crippen molar-refractivity contribution < 1.29 is 14.7 Å². The summed E-state index contributed by atoms with van der Waals surface area (Å²) in [4.78, 5) is 27.6. The lowest BCUT2D eigenvalue weighted by molar-refractivity contribution is 0.0696. The lowest BCUT2D eigenvalue weighted by Crippen LogP contribution is -2.12. The first-order valence-electron chi connectivity index (χ1n) is 5.66. The number of benzene rings is 1. The van der Waals surface area contributed by atoms with Crippen LogP contribution in [0.3, 0.4) is 0 Å². The molecule has 0 bridgehead atoms. The molecule has 0 fully saturated rings. The number of carboxylic acid groups (broad SMARTS) is 1. The van der Waals surface area contributed by atoms with E-state index in [9.17, 15) is 9.59 Å². The maximum Gasteiger partial charge on any atom is 0.335 e. The van der Waals surface area contributed by atoms with E-state index in [-0.39, 0.29) is 16.5 Å². The quantitative estimate of drug-likeness (QED) is 0.911. The number of carboxylic acids is 1. The minimum Gasteiger partial charge on any atom is -0.478 e. The van der Waals surface area contributed by atoms with Gasteiger partial charge in [-0.3, -0.25) is 4.79 Å². The zero-order valence-corrected chi connectivity index (χ0v) is 12.3. The van der Waals surface area contributed by atoms with E-state index in [2.05, 4.69) is 10.3 Å². The smallest absolute Gasteiger partial charge is 0.335 e. The topological polar surface area (TPSA) is 79.3 Å². The van der Waals surface area contributed by atoms with Crippen molar-refractivity contribution in [3.8, 4) is 0 Å². The summed E-state index contributed by atoms with van der Waals surface area (Å²) in [5.74, 6) is -1.38. The summed E-state index contributed by atoms with van der Waals surface area (Å²) < 4.78 is 0. The first kappa shape index (κ1) is 14.5. The second-order valence-electron chi connectivity index (χ2n) is 4.10. The van der Waals surface area contributed by atoms with Crippen LogP contribution in [0.2, 0.25) is 5.02 Å². The van der Waals surface area contributed by atoms with Gasteiger partial charge < -0.3 is 10.4 Å². The molecule has 7 heteroatoms. The summed E-state index contributed by atoms with van der Waals surface area (Å²) in [5, 5.41) is 12.5. The van der Waals surface area contributed by atoms with Crippen LogP contribution in [0, 0.1) is 13.8 Å². The van der Waals surface area contributed by atoms with Crippen LogP contribution in [0.5, 0.6) is 0 Å². The first-order valence-corrected chi connectivity index (χ1v) is 6.86. The number of amides is 1. The Balaban J connectivity index is 2.24. The van der Waals surface area contributed by atoms with Crippen molar-refractivity contribution in [1.29, 1.82) is 0 Å². The molecule has 2 N–H and O–H groups in total. The predicted octanol–water partition coefficient (Wildman–Crippen LogP) is 3.36. The van der Waals surface area contributed by atoms with Gasteiger partial charge >= 0.3 is 5.97 Å². The summed E-state index contributed by atoms with van der Waals surface area (Å²) in [7, 11) is 0. The molecule has 0 saturated heterocycles. The summed E-state index contributed by atoms with van der Waals surface area (Å²) in [5.41, 5.74) is 1.09. The number of hydrogen-bond donors (Lipinski definition) is 2. The normalized spacial score (nSPS) is 10.3. The van der Waals surface area contributed by atoms with E-state index in [0.29, 0.717) is 16.3 Å². The van der Waals surface area contributed by atoms with Crippen LogP contribution in [-0.2, 0) is 0 Å². The molecule has 0 spiro atoms. The van der Waals surface area contributed by atoms with E-state index < -0.39 is 5.97 Å². The zero-order chi connectivity index (χ0) is 14.9. The highest BCUT2D eigenvalue weighted by molar-refractivity contribution is 7.13. The Morgan fingerprint density at radius 1 is 1.35 bits per heavy atom. The Kier molecular flexibility index (Phi) is 4.06. The zero-order valence-electron chi connectivity index (χ0n) is 10.7. The molecule has 1 amide bonds. The minimum atomic E-state index is -1.07. The average molecular weight is 311 g/mol. The number of halogens is 1.